The van der Waals surface area contributed by atoms with Gasteiger partial charge in [-0.05, 0) is 11.6 Å². The number of fused-ring (bicyclic) bond motifs is 1. The molecule has 1 atom stereocenters. The lowest BCUT2D eigenvalue weighted by Gasteiger charge is -2.26. The van der Waals surface area contributed by atoms with Crippen LogP contribution >= 0.6 is 24.0 Å². The summed E-state index contributed by atoms with van der Waals surface area (Å²) in [4.78, 5) is 20.1. The van der Waals surface area contributed by atoms with E-state index in [1.54, 1.807) is 19.6 Å². The highest BCUT2D eigenvalue weighted by molar-refractivity contribution is 14.0. The van der Waals surface area contributed by atoms with Crippen molar-refractivity contribution in [2.75, 3.05) is 25.5 Å². The van der Waals surface area contributed by atoms with E-state index >= 15 is 0 Å². The zero-order chi connectivity index (χ0) is 16.8. The van der Waals surface area contributed by atoms with Crippen LogP contribution in [-0.4, -0.2) is 41.6 Å². The van der Waals surface area contributed by atoms with Gasteiger partial charge in [0, 0.05) is 57.1 Å². The number of benzene rings is 1. The number of rotatable bonds is 5. The average Bonchev–Trinajstić information content (AvgIpc) is 3.11. The van der Waals surface area contributed by atoms with Gasteiger partial charge in [-0.3, -0.25) is 9.79 Å². The van der Waals surface area contributed by atoms with Gasteiger partial charge in [0.1, 0.15) is 0 Å². The van der Waals surface area contributed by atoms with Crippen molar-refractivity contribution in [3.05, 3.63) is 48.5 Å². The molecule has 0 bridgehead atoms. The Bertz CT molecular complexity index is 716. The number of halogens is 1. The van der Waals surface area contributed by atoms with Crippen molar-refractivity contribution >= 4 is 41.5 Å². The molecule has 1 aliphatic heterocycles. The van der Waals surface area contributed by atoms with Crippen LogP contribution in [0.1, 0.15) is 17.9 Å². The number of anilines is 1. The van der Waals surface area contributed by atoms with Crippen LogP contribution in [0.2, 0.25) is 0 Å². The summed E-state index contributed by atoms with van der Waals surface area (Å²) in [6, 6.07) is 7.95. The van der Waals surface area contributed by atoms with Gasteiger partial charge in [-0.1, -0.05) is 18.2 Å². The number of hydrogen-bond donors (Lipinski definition) is 3. The minimum atomic E-state index is 0. The molecule has 0 radical (unpaired) electrons. The first kappa shape index (κ1) is 19.2. The summed E-state index contributed by atoms with van der Waals surface area (Å²) in [6.07, 6.45) is 5.96. The number of carbonyl (C=O) groups excluding carboxylic acids is 1. The highest BCUT2D eigenvalue weighted by Crippen LogP contribution is 2.31. The fourth-order valence-electron chi connectivity index (χ4n) is 2.85. The number of carbonyl (C=O) groups is 1. The molecule has 8 heteroatoms. The molecular formula is C17H23IN6O. The number of hydrogen-bond acceptors (Lipinski definition) is 3. The van der Waals surface area contributed by atoms with E-state index in [0.29, 0.717) is 13.0 Å². The fourth-order valence-corrected chi connectivity index (χ4v) is 2.85. The van der Waals surface area contributed by atoms with E-state index in [0.717, 1.165) is 24.7 Å². The third-order valence-electron chi connectivity index (χ3n) is 4.07. The van der Waals surface area contributed by atoms with Crippen molar-refractivity contribution in [2.45, 2.75) is 18.9 Å². The van der Waals surface area contributed by atoms with Gasteiger partial charge in [-0.15, -0.1) is 24.0 Å². The van der Waals surface area contributed by atoms with Crippen LogP contribution in [0.4, 0.5) is 5.69 Å². The van der Waals surface area contributed by atoms with Crippen LogP contribution in [-0.2, 0) is 11.3 Å². The lowest BCUT2D eigenvalue weighted by Crippen LogP contribution is -2.41. The number of amides is 1. The quantitative estimate of drug-likeness (QED) is 0.366. The fraction of sp³-hybridized carbons (Fsp3) is 0.353. The summed E-state index contributed by atoms with van der Waals surface area (Å²) < 4.78 is 2.00. The molecule has 0 saturated carbocycles. The Hall–Kier alpha value is -2.10. The van der Waals surface area contributed by atoms with Gasteiger partial charge in [0.2, 0.25) is 5.91 Å². The third kappa shape index (κ3) is 5.18. The lowest BCUT2D eigenvalue weighted by atomic mass is 9.90. The monoisotopic (exact) mass is 454 g/mol. The molecular weight excluding hydrogens is 431 g/mol. The summed E-state index contributed by atoms with van der Waals surface area (Å²) in [5, 5.41) is 9.51. The Labute approximate surface area is 164 Å². The van der Waals surface area contributed by atoms with E-state index in [9.17, 15) is 4.79 Å². The second-order valence-electron chi connectivity index (χ2n) is 5.72. The van der Waals surface area contributed by atoms with E-state index < -0.39 is 0 Å². The SMILES string of the molecule is CN=C(NCCn1ccnc1)NCC1CC(=O)Nc2ccccc21.I. The number of aromatic nitrogens is 2. The Morgan fingerprint density at radius 2 is 2.24 bits per heavy atom. The largest absolute Gasteiger partial charge is 0.356 e. The zero-order valence-electron chi connectivity index (χ0n) is 14.1. The highest BCUT2D eigenvalue weighted by atomic mass is 127. The van der Waals surface area contributed by atoms with Crippen LogP contribution in [0.25, 0.3) is 0 Å². The van der Waals surface area contributed by atoms with Crippen molar-refractivity contribution in [1.82, 2.24) is 20.2 Å². The number of aliphatic imine (C=N–C) groups is 1. The summed E-state index contributed by atoms with van der Waals surface area (Å²) in [6.45, 7) is 2.22. The van der Waals surface area contributed by atoms with Crippen LogP contribution < -0.4 is 16.0 Å². The molecule has 2 aromatic rings. The molecule has 2 heterocycles. The zero-order valence-corrected chi connectivity index (χ0v) is 16.4. The normalized spacial score (nSPS) is 16.4. The highest BCUT2D eigenvalue weighted by Gasteiger charge is 2.24. The molecule has 1 aromatic carbocycles. The van der Waals surface area contributed by atoms with Gasteiger partial charge >= 0.3 is 0 Å². The minimum Gasteiger partial charge on any atom is -0.356 e. The molecule has 0 spiro atoms. The summed E-state index contributed by atoms with van der Waals surface area (Å²) in [7, 11) is 1.74. The van der Waals surface area contributed by atoms with E-state index in [-0.39, 0.29) is 35.8 Å². The second kappa shape index (κ2) is 9.40. The van der Waals surface area contributed by atoms with Gasteiger partial charge in [-0.25, -0.2) is 4.98 Å². The molecule has 1 unspecified atom stereocenters. The average molecular weight is 454 g/mol. The molecule has 134 valence electrons. The first-order chi connectivity index (χ1) is 11.8. The predicted octanol–water partition coefficient (Wildman–Crippen LogP) is 1.79. The summed E-state index contributed by atoms with van der Waals surface area (Å²) in [5.74, 6) is 0.935. The van der Waals surface area contributed by atoms with Crippen molar-refractivity contribution < 1.29 is 4.79 Å². The Kier molecular flexibility index (Phi) is 7.23. The lowest BCUT2D eigenvalue weighted by molar-refractivity contribution is -0.116. The van der Waals surface area contributed by atoms with E-state index in [2.05, 4.69) is 32.0 Å². The van der Waals surface area contributed by atoms with Gasteiger partial charge < -0.3 is 20.5 Å². The Morgan fingerprint density at radius 1 is 1.40 bits per heavy atom. The molecule has 3 rings (SSSR count). The first-order valence-electron chi connectivity index (χ1n) is 8.05. The number of nitrogens with zero attached hydrogens (tertiary/aromatic N) is 3. The standard InChI is InChI=1S/C17H22N6O.HI/c1-18-17(20-7-9-23-8-6-19-12-23)21-11-13-10-16(24)22-15-5-3-2-4-14(13)15;/h2-6,8,12-13H,7,9-11H2,1H3,(H,22,24)(H2,18,20,21);1H. The maximum Gasteiger partial charge on any atom is 0.225 e. The van der Waals surface area contributed by atoms with E-state index in [4.69, 9.17) is 0 Å². The summed E-state index contributed by atoms with van der Waals surface area (Å²) >= 11 is 0. The first-order valence-corrected chi connectivity index (χ1v) is 8.05. The summed E-state index contributed by atoms with van der Waals surface area (Å²) in [5.41, 5.74) is 2.07. The van der Waals surface area contributed by atoms with Crippen LogP contribution in [0.5, 0.6) is 0 Å². The maximum atomic E-state index is 11.9. The van der Waals surface area contributed by atoms with Crippen LogP contribution in [0.3, 0.4) is 0 Å². The topological polar surface area (TPSA) is 83.3 Å². The van der Waals surface area contributed by atoms with Crippen molar-refractivity contribution in [3.63, 3.8) is 0 Å². The number of imidazole rings is 1. The van der Waals surface area contributed by atoms with Crippen molar-refractivity contribution in [1.29, 1.82) is 0 Å². The maximum absolute atomic E-state index is 11.9. The molecule has 3 N–H and O–H groups in total. The molecule has 1 amide bonds. The molecule has 0 aliphatic carbocycles. The van der Waals surface area contributed by atoms with Crippen molar-refractivity contribution in [3.8, 4) is 0 Å². The predicted molar refractivity (Wildman–Crippen MR) is 109 cm³/mol. The molecule has 0 saturated heterocycles. The van der Waals surface area contributed by atoms with Gasteiger partial charge in [-0.2, -0.15) is 0 Å². The van der Waals surface area contributed by atoms with Gasteiger partial charge in [0.15, 0.2) is 5.96 Å². The number of guanidine groups is 1. The van der Waals surface area contributed by atoms with E-state index in [1.165, 1.54) is 5.56 Å². The van der Waals surface area contributed by atoms with Gasteiger partial charge in [0.05, 0.1) is 6.33 Å². The van der Waals surface area contributed by atoms with Crippen LogP contribution in [0.15, 0.2) is 48.0 Å². The molecule has 25 heavy (non-hydrogen) atoms. The van der Waals surface area contributed by atoms with E-state index in [1.807, 2.05) is 29.0 Å². The van der Waals surface area contributed by atoms with Crippen molar-refractivity contribution in [2.24, 2.45) is 4.99 Å². The number of para-hydroxylation sites is 1. The molecule has 0 fully saturated rings. The second-order valence-corrected chi connectivity index (χ2v) is 5.72. The molecule has 1 aromatic heterocycles. The molecule has 7 nitrogen and oxygen atoms in total. The number of nitrogens with one attached hydrogen (secondary N) is 3. The minimum absolute atomic E-state index is 0. The molecule has 1 aliphatic rings. The Morgan fingerprint density at radius 3 is 3.00 bits per heavy atom. The Balaban J connectivity index is 0.00000225. The van der Waals surface area contributed by atoms with Gasteiger partial charge in [0.25, 0.3) is 0 Å². The smallest absolute Gasteiger partial charge is 0.225 e. The van der Waals surface area contributed by atoms with Crippen LogP contribution in [0, 0.1) is 0 Å². The third-order valence-corrected chi connectivity index (χ3v) is 4.07.